The maximum absolute atomic E-state index is 5.64. The molecule has 140 valence electrons. The van der Waals surface area contributed by atoms with Crippen LogP contribution >= 0.6 is 0 Å². The third-order valence-corrected chi connectivity index (χ3v) is 5.44. The van der Waals surface area contributed by atoms with Gasteiger partial charge in [0.25, 0.3) is 5.82 Å². The summed E-state index contributed by atoms with van der Waals surface area (Å²) in [6.07, 6.45) is 7.12. The second-order valence-electron chi connectivity index (χ2n) is 7.38. The number of rotatable bonds is 4. The summed E-state index contributed by atoms with van der Waals surface area (Å²) in [5, 5.41) is 0. The summed E-state index contributed by atoms with van der Waals surface area (Å²) in [6, 6.07) is 17.1. The van der Waals surface area contributed by atoms with Crippen LogP contribution in [0.4, 0.5) is 5.69 Å². The lowest BCUT2D eigenvalue weighted by Gasteiger charge is -2.12. The van der Waals surface area contributed by atoms with Crippen LogP contribution in [0.25, 0.3) is 16.9 Å². The van der Waals surface area contributed by atoms with E-state index in [2.05, 4.69) is 70.7 Å². The minimum absolute atomic E-state index is 0.912. The van der Waals surface area contributed by atoms with E-state index in [1.165, 1.54) is 42.0 Å². The summed E-state index contributed by atoms with van der Waals surface area (Å²) < 4.78 is 10.5. The number of hydrogen-bond acceptors (Lipinski definition) is 2. The standard InChI is InChI=1S/C23H28N3O/c1-24(2)19-14-12-18(13-15-19)21-17-26(20-9-6-7-10-22(20)27-3)23-11-5-4-8-16-25(21)23/h6-7,9-10,12-15,17H,4-5,8,11,16H2,1-3H3/q+1. The van der Waals surface area contributed by atoms with Crippen molar-refractivity contribution in [2.45, 2.75) is 32.2 Å². The van der Waals surface area contributed by atoms with Crippen molar-refractivity contribution in [1.29, 1.82) is 0 Å². The first kappa shape index (κ1) is 17.7. The fourth-order valence-electron chi connectivity index (χ4n) is 3.97. The molecule has 4 heteroatoms. The van der Waals surface area contributed by atoms with Gasteiger partial charge in [-0.05, 0) is 55.7 Å². The maximum Gasteiger partial charge on any atom is 0.262 e. The SMILES string of the molecule is COc1ccccc1-n1cc(-c2ccc(N(C)C)cc2)[n+]2c1CCCCC2. The van der Waals surface area contributed by atoms with Gasteiger partial charge < -0.3 is 9.64 Å². The van der Waals surface area contributed by atoms with Crippen LogP contribution in [0.2, 0.25) is 0 Å². The highest BCUT2D eigenvalue weighted by atomic mass is 16.5. The molecule has 1 aliphatic heterocycles. The summed E-state index contributed by atoms with van der Waals surface area (Å²) >= 11 is 0. The first-order chi connectivity index (χ1) is 13.2. The van der Waals surface area contributed by atoms with Crippen molar-refractivity contribution in [1.82, 2.24) is 4.57 Å². The number of benzene rings is 2. The van der Waals surface area contributed by atoms with E-state index in [4.69, 9.17) is 4.74 Å². The van der Waals surface area contributed by atoms with Crippen LogP contribution in [0.15, 0.2) is 54.7 Å². The molecule has 27 heavy (non-hydrogen) atoms. The van der Waals surface area contributed by atoms with Gasteiger partial charge in [-0.15, -0.1) is 0 Å². The van der Waals surface area contributed by atoms with Crippen LogP contribution in [-0.4, -0.2) is 25.8 Å². The molecule has 1 aromatic heterocycles. The number of nitrogens with zero attached hydrogens (tertiary/aromatic N) is 3. The summed E-state index contributed by atoms with van der Waals surface area (Å²) in [4.78, 5) is 2.14. The molecule has 4 rings (SSSR count). The van der Waals surface area contributed by atoms with Crippen LogP contribution in [-0.2, 0) is 13.0 Å². The molecule has 0 amide bonds. The van der Waals surface area contributed by atoms with Crippen LogP contribution in [0.1, 0.15) is 25.1 Å². The summed E-state index contributed by atoms with van der Waals surface area (Å²) in [6.45, 7) is 1.07. The van der Waals surface area contributed by atoms with Gasteiger partial charge in [0, 0.05) is 31.8 Å². The Bertz CT molecular complexity index is 925. The Morgan fingerprint density at radius 2 is 1.74 bits per heavy atom. The highest BCUT2D eigenvalue weighted by Crippen LogP contribution is 2.29. The first-order valence-electron chi connectivity index (χ1n) is 9.74. The molecule has 0 fully saturated rings. The van der Waals surface area contributed by atoms with E-state index < -0.39 is 0 Å². The second-order valence-corrected chi connectivity index (χ2v) is 7.38. The van der Waals surface area contributed by atoms with Gasteiger partial charge in [-0.3, -0.25) is 0 Å². The van der Waals surface area contributed by atoms with E-state index in [1.54, 1.807) is 7.11 Å². The van der Waals surface area contributed by atoms with Crippen molar-refractivity contribution in [2.75, 3.05) is 26.1 Å². The normalized spacial score (nSPS) is 13.7. The fourth-order valence-corrected chi connectivity index (χ4v) is 3.97. The smallest absolute Gasteiger partial charge is 0.262 e. The molecule has 2 heterocycles. The Kier molecular flexibility index (Phi) is 4.88. The Labute approximate surface area is 161 Å². The average molecular weight is 362 g/mol. The Balaban J connectivity index is 1.87. The van der Waals surface area contributed by atoms with Crippen LogP contribution in [0.5, 0.6) is 5.75 Å². The van der Waals surface area contributed by atoms with E-state index in [1.807, 2.05) is 12.1 Å². The van der Waals surface area contributed by atoms with Gasteiger partial charge in [0.15, 0.2) is 17.1 Å². The molecule has 0 saturated carbocycles. The van der Waals surface area contributed by atoms with Gasteiger partial charge in [-0.1, -0.05) is 12.1 Å². The molecule has 0 saturated heterocycles. The number of ether oxygens (including phenoxy) is 1. The molecule has 0 spiro atoms. The maximum atomic E-state index is 5.64. The van der Waals surface area contributed by atoms with Gasteiger partial charge in [-0.25, -0.2) is 4.57 Å². The number of hydrogen-bond donors (Lipinski definition) is 0. The molecular weight excluding hydrogens is 334 g/mol. The number of imidazole rings is 1. The molecule has 3 aromatic rings. The van der Waals surface area contributed by atoms with Gasteiger partial charge in [0.05, 0.1) is 13.7 Å². The number of methoxy groups -OCH3 is 1. The average Bonchev–Trinajstić information content (AvgIpc) is 2.88. The van der Waals surface area contributed by atoms with Crippen LogP contribution in [0.3, 0.4) is 0 Å². The third kappa shape index (κ3) is 3.32. The molecule has 4 nitrogen and oxygen atoms in total. The molecule has 2 aromatic carbocycles. The second kappa shape index (κ2) is 7.47. The number of anilines is 1. The molecule has 0 radical (unpaired) electrons. The minimum atomic E-state index is 0.912. The van der Waals surface area contributed by atoms with E-state index in [0.29, 0.717) is 0 Å². The molecule has 0 atom stereocenters. The topological polar surface area (TPSA) is 21.3 Å². The van der Waals surface area contributed by atoms with Gasteiger partial charge in [-0.2, -0.15) is 4.57 Å². The summed E-state index contributed by atoms with van der Waals surface area (Å²) in [5.74, 6) is 2.28. The zero-order chi connectivity index (χ0) is 18.8. The number of aromatic nitrogens is 2. The largest absolute Gasteiger partial charge is 0.492 e. The van der Waals surface area contributed by atoms with E-state index in [0.717, 1.165) is 24.4 Å². The molecule has 1 aliphatic rings. The number of fused-ring (bicyclic) bond motifs is 1. The lowest BCUT2D eigenvalue weighted by Crippen LogP contribution is -2.38. The fraction of sp³-hybridized carbons (Fsp3) is 0.348. The zero-order valence-electron chi connectivity index (χ0n) is 16.5. The minimum Gasteiger partial charge on any atom is -0.492 e. The summed E-state index contributed by atoms with van der Waals surface area (Å²) in [7, 11) is 5.90. The quantitative estimate of drug-likeness (QED) is 0.648. The lowest BCUT2D eigenvalue weighted by molar-refractivity contribution is -0.692. The van der Waals surface area contributed by atoms with Crippen LogP contribution < -0.4 is 14.2 Å². The highest BCUT2D eigenvalue weighted by Gasteiger charge is 2.28. The van der Waals surface area contributed by atoms with Gasteiger partial charge in [0.2, 0.25) is 0 Å². The summed E-state index contributed by atoms with van der Waals surface area (Å²) in [5.41, 5.74) is 4.88. The zero-order valence-corrected chi connectivity index (χ0v) is 16.5. The predicted molar refractivity (Wildman–Crippen MR) is 110 cm³/mol. The van der Waals surface area contributed by atoms with Crippen molar-refractivity contribution >= 4 is 5.69 Å². The predicted octanol–water partition coefficient (Wildman–Crippen LogP) is 4.23. The van der Waals surface area contributed by atoms with Crippen LogP contribution in [0, 0.1) is 0 Å². The van der Waals surface area contributed by atoms with Crippen molar-refractivity contribution in [3.05, 3.63) is 60.6 Å². The molecular formula is C23H28N3O+. The van der Waals surface area contributed by atoms with E-state index >= 15 is 0 Å². The van der Waals surface area contributed by atoms with Crippen molar-refractivity contribution in [3.8, 4) is 22.7 Å². The third-order valence-electron chi connectivity index (χ3n) is 5.44. The number of para-hydroxylation sites is 2. The van der Waals surface area contributed by atoms with Crippen molar-refractivity contribution < 1.29 is 9.30 Å². The molecule has 0 N–H and O–H groups in total. The Morgan fingerprint density at radius 3 is 2.48 bits per heavy atom. The van der Waals surface area contributed by atoms with E-state index in [9.17, 15) is 0 Å². The Hall–Kier alpha value is -2.75. The van der Waals surface area contributed by atoms with Gasteiger partial charge in [0.1, 0.15) is 6.20 Å². The van der Waals surface area contributed by atoms with Crippen molar-refractivity contribution in [3.63, 3.8) is 0 Å². The lowest BCUT2D eigenvalue weighted by atomic mass is 10.1. The highest BCUT2D eigenvalue weighted by molar-refractivity contribution is 5.61. The molecule has 0 bridgehead atoms. The molecule has 0 unspecified atom stereocenters. The monoisotopic (exact) mass is 362 g/mol. The molecule has 0 aliphatic carbocycles. The van der Waals surface area contributed by atoms with E-state index in [-0.39, 0.29) is 0 Å². The first-order valence-corrected chi connectivity index (χ1v) is 9.74. The van der Waals surface area contributed by atoms with Crippen molar-refractivity contribution in [2.24, 2.45) is 0 Å². The van der Waals surface area contributed by atoms with Gasteiger partial charge >= 0.3 is 0 Å². The Morgan fingerprint density at radius 1 is 0.963 bits per heavy atom.